The van der Waals surface area contributed by atoms with Gasteiger partial charge in [0.25, 0.3) is 0 Å². The lowest BCUT2D eigenvalue weighted by Gasteiger charge is -2.31. The number of nitrogens with one attached hydrogen (secondary N) is 1. The van der Waals surface area contributed by atoms with E-state index in [-0.39, 0.29) is 18.2 Å². The van der Waals surface area contributed by atoms with E-state index in [1.54, 1.807) is 23.1 Å². The van der Waals surface area contributed by atoms with Crippen molar-refractivity contribution >= 4 is 35.0 Å². The minimum absolute atomic E-state index is 0.113. The lowest BCUT2D eigenvalue weighted by atomic mass is 10.1. The maximum absolute atomic E-state index is 13.2. The van der Waals surface area contributed by atoms with Gasteiger partial charge in [0.15, 0.2) is 0 Å². The Morgan fingerprint density at radius 2 is 1.79 bits per heavy atom. The number of benzene rings is 2. The predicted octanol–water partition coefficient (Wildman–Crippen LogP) is 5.26. The molecule has 2 aromatic carbocycles. The van der Waals surface area contributed by atoms with E-state index in [2.05, 4.69) is 12.2 Å². The number of carbonyl (C=O) groups is 2. The number of rotatable bonds is 10. The van der Waals surface area contributed by atoms with E-state index in [1.807, 2.05) is 37.3 Å². The molecule has 29 heavy (non-hydrogen) atoms. The molecule has 0 unspecified atom stereocenters. The largest absolute Gasteiger partial charge is 0.354 e. The van der Waals surface area contributed by atoms with Crippen LogP contribution in [0.4, 0.5) is 0 Å². The van der Waals surface area contributed by atoms with E-state index in [4.69, 9.17) is 23.2 Å². The van der Waals surface area contributed by atoms with E-state index < -0.39 is 6.04 Å². The van der Waals surface area contributed by atoms with Crippen molar-refractivity contribution in [2.45, 2.75) is 52.1 Å². The molecule has 0 aromatic heterocycles. The molecule has 156 valence electrons. The first-order valence-electron chi connectivity index (χ1n) is 10.0. The van der Waals surface area contributed by atoms with Crippen LogP contribution in [0.1, 0.15) is 44.2 Å². The summed E-state index contributed by atoms with van der Waals surface area (Å²) < 4.78 is 0. The Labute approximate surface area is 183 Å². The topological polar surface area (TPSA) is 49.4 Å². The normalized spacial score (nSPS) is 11.7. The van der Waals surface area contributed by atoms with Crippen LogP contribution >= 0.6 is 23.2 Å². The molecule has 0 fully saturated rings. The fourth-order valence-corrected chi connectivity index (χ4v) is 3.61. The van der Waals surface area contributed by atoms with Crippen molar-refractivity contribution in [3.63, 3.8) is 0 Å². The summed E-state index contributed by atoms with van der Waals surface area (Å²) in [5.41, 5.74) is 1.67. The Morgan fingerprint density at radius 1 is 1.07 bits per heavy atom. The van der Waals surface area contributed by atoms with Gasteiger partial charge in [0.1, 0.15) is 6.04 Å². The van der Waals surface area contributed by atoms with Gasteiger partial charge in [0.2, 0.25) is 11.8 Å². The van der Waals surface area contributed by atoms with Crippen LogP contribution in [0.15, 0.2) is 48.5 Å². The monoisotopic (exact) mass is 434 g/mol. The molecule has 2 aromatic rings. The summed E-state index contributed by atoms with van der Waals surface area (Å²) in [6.07, 6.45) is 2.56. The molecular formula is C23H28Cl2N2O2. The fraction of sp³-hybridized carbons (Fsp3) is 0.391. The lowest BCUT2D eigenvalue weighted by molar-refractivity contribution is -0.140. The van der Waals surface area contributed by atoms with Crippen LogP contribution in [-0.4, -0.2) is 29.3 Å². The number of unbranched alkanes of at least 4 members (excludes halogenated alkanes) is 1. The van der Waals surface area contributed by atoms with Crippen molar-refractivity contribution < 1.29 is 9.59 Å². The van der Waals surface area contributed by atoms with E-state index in [1.165, 1.54) is 0 Å². The maximum atomic E-state index is 13.2. The zero-order valence-corrected chi connectivity index (χ0v) is 18.5. The minimum atomic E-state index is -0.536. The first-order valence-corrected chi connectivity index (χ1v) is 10.8. The molecule has 2 amide bonds. The van der Waals surface area contributed by atoms with E-state index in [9.17, 15) is 9.59 Å². The van der Waals surface area contributed by atoms with Gasteiger partial charge in [-0.25, -0.2) is 0 Å². The van der Waals surface area contributed by atoms with Gasteiger partial charge in [0, 0.05) is 23.1 Å². The first kappa shape index (κ1) is 23.2. The van der Waals surface area contributed by atoms with Gasteiger partial charge in [-0.1, -0.05) is 79.9 Å². The van der Waals surface area contributed by atoms with Gasteiger partial charge >= 0.3 is 0 Å². The summed E-state index contributed by atoms with van der Waals surface area (Å²) in [4.78, 5) is 27.7. The molecule has 0 aliphatic carbocycles. The van der Waals surface area contributed by atoms with Crippen LogP contribution in [-0.2, 0) is 22.6 Å². The summed E-state index contributed by atoms with van der Waals surface area (Å²) in [6, 6.07) is 14.3. The first-order chi connectivity index (χ1) is 14.0. The van der Waals surface area contributed by atoms with Gasteiger partial charge in [-0.2, -0.15) is 0 Å². The molecule has 0 spiro atoms. The molecule has 0 bridgehead atoms. The van der Waals surface area contributed by atoms with Crippen molar-refractivity contribution in [1.29, 1.82) is 0 Å². The van der Waals surface area contributed by atoms with Crippen LogP contribution in [0.3, 0.4) is 0 Å². The predicted molar refractivity (Wildman–Crippen MR) is 119 cm³/mol. The molecular weight excluding hydrogens is 407 g/mol. The Morgan fingerprint density at radius 3 is 2.41 bits per heavy atom. The zero-order chi connectivity index (χ0) is 21.2. The smallest absolute Gasteiger partial charge is 0.242 e. The van der Waals surface area contributed by atoms with Crippen LogP contribution in [0.25, 0.3) is 0 Å². The van der Waals surface area contributed by atoms with Gasteiger partial charge < -0.3 is 10.2 Å². The summed E-state index contributed by atoms with van der Waals surface area (Å²) in [7, 11) is 0. The van der Waals surface area contributed by atoms with Crippen molar-refractivity contribution in [2.75, 3.05) is 6.54 Å². The van der Waals surface area contributed by atoms with E-state index in [0.29, 0.717) is 35.1 Å². The standard InChI is InChI=1S/C23H28Cl2N2O2/c1-3-5-13-26-23(29)21(4-2)27(16-17-9-7-6-8-10-17)22(28)14-18-11-12-19(24)15-20(18)25/h6-12,15,21H,3-5,13-14,16H2,1-2H3,(H,26,29)/t21-/m0/s1. The van der Waals surface area contributed by atoms with Crippen molar-refractivity contribution in [2.24, 2.45) is 0 Å². The molecule has 0 aliphatic heterocycles. The minimum Gasteiger partial charge on any atom is -0.354 e. The maximum Gasteiger partial charge on any atom is 0.242 e. The van der Waals surface area contributed by atoms with Crippen molar-refractivity contribution in [3.8, 4) is 0 Å². The molecule has 6 heteroatoms. The number of amides is 2. The van der Waals surface area contributed by atoms with E-state index >= 15 is 0 Å². The fourth-order valence-electron chi connectivity index (χ4n) is 3.14. The van der Waals surface area contributed by atoms with Gasteiger partial charge in [-0.15, -0.1) is 0 Å². The molecule has 0 saturated heterocycles. The highest BCUT2D eigenvalue weighted by molar-refractivity contribution is 6.35. The third kappa shape index (κ3) is 7.06. The molecule has 0 radical (unpaired) electrons. The van der Waals surface area contributed by atoms with Gasteiger partial charge in [-0.3, -0.25) is 9.59 Å². The molecule has 2 rings (SSSR count). The zero-order valence-electron chi connectivity index (χ0n) is 17.0. The van der Waals surface area contributed by atoms with Crippen LogP contribution in [0, 0.1) is 0 Å². The molecule has 0 aliphatic rings. The Bertz CT molecular complexity index is 812. The Kier molecular flexibility index (Phi) is 9.49. The summed E-state index contributed by atoms with van der Waals surface area (Å²) in [5.74, 6) is -0.261. The third-order valence-corrected chi connectivity index (χ3v) is 5.35. The van der Waals surface area contributed by atoms with Crippen LogP contribution in [0.5, 0.6) is 0 Å². The highest BCUT2D eigenvalue weighted by Gasteiger charge is 2.28. The van der Waals surface area contributed by atoms with Crippen molar-refractivity contribution in [3.05, 3.63) is 69.7 Å². The quantitative estimate of drug-likeness (QED) is 0.518. The average Bonchev–Trinajstić information content (AvgIpc) is 2.71. The highest BCUT2D eigenvalue weighted by atomic mass is 35.5. The second kappa shape index (κ2) is 11.8. The number of hydrogen-bond acceptors (Lipinski definition) is 2. The third-order valence-electron chi connectivity index (χ3n) is 4.77. The summed E-state index contributed by atoms with van der Waals surface area (Å²) >= 11 is 12.2. The highest BCUT2D eigenvalue weighted by Crippen LogP contribution is 2.23. The Hall–Kier alpha value is -2.04. The number of carbonyl (C=O) groups excluding carboxylic acids is 2. The number of halogens is 2. The Balaban J connectivity index is 2.24. The van der Waals surface area contributed by atoms with Crippen molar-refractivity contribution in [1.82, 2.24) is 10.2 Å². The lowest BCUT2D eigenvalue weighted by Crippen LogP contribution is -2.49. The molecule has 0 saturated carbocycles. The van der Waals surface area contributed by atoms with Crippen LogP contribution < -0.4 is 5.32 Å². The SMILES string of the molecule is CCCCNC(=O)[C@H](CC)N(Cc1ccccc1)C(=O)Cc1ccc(Cl)cc1Cl. The second-order valence-electron chi connectivity index (χ2n) is 6.99. The molecule has 0 heterocycles. The molecule has 4 nitrogen and oxygen atoms in total. The van der Waals surface area contributed by atoms with E-state index in [0.717, 1.165) is 18.4 Å². The number of hydrogen-bond donors (Lipinski definition) is 1. The van der Waals surface area contributed by atoms with Crippen LogP contribution in [0.2, 0.25) is 10.0 Å². The molecule has 1 atom stereocenters. The van der Waals surface area contributed by atoms with Gasteiger partial charge in [0.05, 0.1) is 6.42 Å². The molecule has 1 N–H and O–H groups in total. The average molecular weight is 435 g/mol. The van der Waals surface area contributed by atoms with Gasteiger partial charge in [-0.05, 0) is 36.1 Å². The summed E-state index contributed by atoms with van der Waals surface area (Å²) in [5, 5.41) is 3.93. The summed E-state index contributed by atoms with van der Waals surface area (Å²) in [6.45, 7) is 4.97. The second-order valence-corrected chi connectivity index (χ2v) is 7.83. The number of nitrogens with zero attached hydrogens (tertiary/aromatic N) is 1.